The molecule has 0 amide bonds. The zero-order valence-corrected chi connectivity index (χ0v) is 9.47. The van der Waals surface area contributed by atoms with Crippen molar-refractivity contribution in [2.75, 3.05) is 0 Å². The highest BCUT2D eigenvalue weighted by Crippen LogP contribution is 2.47. The predicted octanol–water partition coefficient (Wildman–Crippen LogP) is 4.88. The van der Waals surface area contributed by atoms with Crippen molar-refractivity contribution in [3.05, 3.63) is 20.3 Å². The molecule has 0 aromatic carbocycles. The summed E-state index contributed by atoms with van der Waals surface area (Å²) in [4.78, 5) is 0.453. The molecule has 0 aliphatic heterocycles. The molecule has 0 nitrogen and oxygen atoms in total. The normalized spacial score (nSPS) is 12.1. The van der Waals surface area contributed by atoms with Crippen LogP contribution in [0, 0.1) is 0 Å². The van der Waals surface area contributed by atoms with Crippen LogP contribution in [0.2, 0.25) is 9.36 Å². The minimum absolute atomic E-state index is 0.389. The van der Waals surface area contributed by atoms with Crippen LogP contribution in [-0.4, -0.2) is 0 Å². The molecule has 0 saturated heterocycles. The molecular weight excluding hydrogens is 269 g/mol. The molecule has 0 radical (unpaired) electrons. The lowest BCUT2D eigenvalue weighted by Gasteiger charge is -2.07. The van der Waals surface area contributed by atoms with Gasteiger partial charge >= 0.3 is 0 Å². The van der Waals surface area contributed by atoms with Gasteiger partial charge in [0.05, 0.1) is 14.2 Å². The van der Waals surface area contributed by atoms with Gasteiger partial charge in [-0.3, -0.25) is 0 Å². The van der Waals surface area contributed by atoms with E-state index in [0.717, 1.165) is 11.3 Å². The molecule has 0 unspecified atom stereocenters. The molecule has 11 heavy (non-hydrogen) atoms. The van der Waals surface area contributed by atoms with Gasteiger partial charge in [-0.1, -0.05) is 58.0 Å². The van der Waals surface area contributed by atoms with E-state index in [2.05, 4.69) is 0 Å². The standard InChI is InChI=1S/C5HCl5S/c6-2-1-3(7)11-4(2)5(8,9)10/h1H. The van der Waals surface area contributed by atoms with E-state index >= 15 is 0 Å². The second-order valence-corrected chi connectivity index (χ2v) is 6.10. The summed E-state index contributed by atoms with van der Waals surface area (Å²) in [5, 5.41) is 0.389. The first-order valence-corrected chi connectivity index (χ1v) is 5.14. The molecule has 1 aromatic heterocycles. The van der Waals surface area contributed by atoms with E-state index in [1.807, 2.05) is 0 Å². The molecule has 1 rings (SSSR count). The second kappa shape index (κ2) is 3.49. The maximum Gasteiger partial charge on any atom is 0.226 e. The molecule has 0 N–H and O–H groups in total. The van der Waals surface area contributed by atoms with Gasteiger partial charge in [0.1, 0.15) is 0 Å². The Morgan fingerprint density at radius 2 is 1.73 bits per heavy atom. The molecular formula is C5HCl5S. The Labute approximate surface area is 93.0 Å². The molecule has 0 bridgehead atoms. The summed E-state index contributed by atoms with van der Waals surface area (Å²) in [5.41, 5.74) is 0. The van der Waals surface area contributed by atoms with E-state index in [1.165, 1.54) is 0 Å². The molecule has 0 spiro atoms. The molecule has 0 fully saturated rings. The van der Waals surface area contributed by atoms with E-state index < -0.39 is 3.79 Å². The van der Waals surface area contributed by atoms with Crippen LogP contribution in [-0.2, 0) is 3.79 Å². The molecule has 0 saturated carbocycles. The Hall–Kier alpha value is 1.15. The zero-order valence-electron chi connectivity index (χ0n) is 4.88. The van der Waals surface area contributed by atoms with Crippen molar-refractivity contribution in [3.8, 4) is 0 Å². The molecule has 0 aliphatic rings. The zero-order chi connectivity index (χ0) is 8.65. The van der Waals surface area contributed by atoms with Gasteiger partial charge in [0, 0.05) is 0 Å². The molecule has 62 valence electrons. The first-order chi connectivity index (χ1) is 4.91. The van der Waals surface area contributed by atoms with Crippen molar-refractivity contribution in [3.63, 3.8) is 0 Å². The van der Waals surface area contributed by atoms with Crippen LogP contribution >= 0.6 is 69.3 Å². The molecule has 6 heteroatoms. The Morgan fingerprint density at radius 3 is 1.91 bits per heavy atom. The molecule has 0 aliphatic carbocycles. The molecule has 0 atom stereocenters. The van der Waals surface area contributed by atoms with E-state index in [4.69, 9.17) is 58.0 Å². The Kier molecular flexibility index (Phi) is 3.24. The minimum atomic E-state index is -1.48. The van der Waals surface area contributed by atoms with Crippen LogP contribution in [0.15, 0.2) is 6.07 Å². The maximum absolute atomic E-state index is 5.70. The average Bonchev–Trinajstić information content (AvgIpc) is 2.08. The van der Waals surface area contributed by atoms with Gasteiger partial charge in [0.2, 0.25) is 3.79 Å². The number of hydrogen-bond acceptors (Lipinski definition) is 1. The monoisotopic (exact) mass is 268 g/mol. The Balaban J connectivity index is 3.13. The third-order valence-corrected chi connectivity index (χ3v) is 3.61. The quantitative estimate of drug-likeness (QED) is 0.589. The van der Waals surface area contributed by atoms with Crippen LogP contribution in [0.1, 0.15) is 4.88 Å². The lowest BCUT2D eigenvalue weighted by Crippen LogP contribution is -1.95. The van der Waals surface area contributed by atoms with Crippen molar-refractivity contribution in [1.29, 1.82) is 0 Å². The second-order valence-electron chi connectivity index (χ2n) is 1.73. The third-order valence-electron chi connectivity index (χ3n) is 0.914. The fourth-order valence-electron chi connectivity index (χ4n) is 0.534. The summed E-state index contributed by atoms with van der Waals surface area (Å²) >= 11 is 29.2. The van der Waals surface area contributed by atoms with E-state index in [9.17, 15) is 0 Å². The van der Waals surface area contributed by atoms with Crippen molar-refractivity contribution < 1.29 is 0 Å². The summed E-state index contributed by atoms with van der Waals surface area (Å²) in [6.07, 6.45) is 0. The topological polar surface area (TPSA) is 0 Å². The van der Waals surface area contributed by atoms with E-state index in [0.29, 0.717) is 14.2 Å². The van der Waals surface area contributed by atoms with Crippen LogP contribution in [0.5, 0.6) is 0 Å². The Morgan fingerprint density at radius 1 is 1.18 bits per heavy atom. The maximum atomic E-state index is 5.70. The lowest BCUT2D eigenvalue weighted by molar-refractivity contribution is 1.32. The Bertz CT molecular complexity index is 260. The van der Waals surface area contributed by atoms with Gasteiger partial charge in [-0.05, 0) is 6.07 Å². The van der Waals surface area contributed by atoms with Crippen LogP contribution in [0.3, 0.4) is 0 Å². The average molecular weight is 270 g/mol. The third kappa shape index (κ3) is 2.55. The van der Waals surface area contributed by atoms with Crippen LogP contribution < -0.4 is 0 Å². The number of thiophene rings is 1. The first kappa shape index (κ1) is 10.2. The summed E-state index contributed by atoms with van der Waals surface area (Å²) in [6.45, 7) is 0. The van der Waals surface area contributed by atoms with Crippen molar-refractivity contribution in [2.24, 2.45) is 0 Å². The van der Waals surface area contributed by atoms with Gasteiger partial charge < -0.3 is 0 Å². The summed E-state index contributed by atoms with van der Waals surface area (Å²) in [7, 11) is 0. The van der Waals surface area contributed by atoms with E-state index in [-0.39, 0.29) is 0 Å². The number of rotatable bonds is 0. The minimum Gasteiger partial charge on any atom is -0.122 e. The number of alkyl halides is 3. The summed E-state index contributed by atoms with van der Waals surface area (Å²) < 4.78 is -0.967. The summed E-state index contributed by atoms with van der Waals surface area (Å²) in [6, 6.07) is 1.55. The van der Waals surface area contributed by atoms with Crippen molar-refractivity contribution in [1.82, 2.24) is 0 Å². The van der Waals surface area contributed by atoms with Gasteiger partial charge in [-0.15, -0.1) is 11.3 Å². The summed E-state index contributed by atoms with van der Waals surface area (Å²) in [5.74, 6) is 0. The SMILES string of the molecule is Clc1cc(Cl)c(C(Cl)(Cl)Cl)s1. The van der Waals surface area contributed by atoms with Crippen molar-refractivity contribution >= 4 is 69.3 Å². The molecule has 1 aromatic rings. The fourth-order valence-corrected chi connectivity index (χ4v) is 2.80. The van der Waals surface area contributed by atoms with Gasteiger partial charge in [-0.25, -0.2) is 0 Å². The molecule has 1 heterocycles. The van der Waals surface area contributed by atoms with E-state index in [1.54, 1.807) is 6.07 Å². The van der Waals surface area contributed by atoms with Crippen LogP contribution in [0.25, 0.3) is 0 Å². The smallest absolute Gasteiger partial charge is 0.122 e. The highest BCUT2D eigenvalue weighted by Gasteiger charge is 2.28. The first-order valence-electron chi connectivity index (χ1n) is 2.43. The highest BCUT2D eigenvalue weighted by molar-refractivity contribution is 7.18. The van der Waals surface area contributed by atoms with Gasteiger partial charge in [0.25, 0.3) is 0 Å². The van der Waals surface area contributed by atoms with Gasteiger partial charge in [0.15, 0.2) is 0 Å². The highest BCUT2D eigenvalue weighted by atomic mass is 35.6. The van der Waals surface area contributed by atoms with Crippen LogP contribution in [0.4, 0.5) is 0 Å². The fraction of sp³-hybridized carbons (Fsp3) is 0.200. The van der Waals surface area contributed by atoms with Crippen molar-refractivity contribution in [2.45, 2.75) is 3.79 Å². The lowest BCUT2D eigenvalue weighted by atomic mass is 10.5. The number of hydrogen-bond donors (Lipinski definition) is 0. The van der Waals surface area contributed by atoms with Gasteiger partial charge in [-0.2, -0.15) is 0 Å². The largest absolute Gasteiger partial charge is 0.226 e. The predicted molar refractivity (Wildman–Crippen MR) is 53.6 cm³/mol. The number of halogens is 5.